The fraction of sp³-hybridized carbons (Fsp3) is 0.235. The first-order valence-electron chi connectivity index (χ1n) is 9.06. The molecular formula is C17H19F3N8O2S. The Morgan fingerprint density at radius 3 is 2.42 bits per heavy atom. The Morgan fingerprint density at radius 2 is 1.84 bits per heavy atom. The maximum absolute atomic E-state index is 13.7. The number of aromatic nitrogens is 2. The van der Waals surface area contributed by atoms with E-state index < -0.39 is 32.8 Å². The Kier molecular flexibility index (Phi) is 5.15. The number of benzene rings is 2. The third-order valence-corrected chi connectivity index (χ3v) is 5.98. The first-order chi connectivity index (χ1) is 14.5. The second-order valence-electron chi connectivity index (χ2n) is 6.84. The largest absolute Gasteiger partial charge is 0.417 e. The lowest BCUT2D eigenvalue weighted by molar-refractivity contribution is -0.140. The van der Waals surface area contributed by atoms with E-state index >= 15 is 0 Å². The number of nitrogens with zero attached hydrogens (tertiary/aromatic N) is 2. The molecule has 3 aromatic rings. The smallest absolute Gasteiger partial charge is 0.369 e. The number of sulfonamides is 1. The molecule has 0 bridgehead atoms. The number of aryl methyl sites for hydroxylation is 1. The van der Waals surface area contributed by atoms with Crippen molar-refractivity contribution in [3.8, 4) is 11.1 Å². The number of nitrogens with one attached hydrogen (secondary N) is 4. The van der Waals surface area contributed by atoms with Crippen LogP contribution >= 0.6 is 0 Å². The van der Waals surface area contributed by atoms with Gasteiger partial charge in [-0.25, -0.2) is 29.4 Å². The quantitative estimate of drug-likeness (QED) is 0.341. The van der Waals surface area contributed by atoms with Crippen LogP contribution in [0.15, 0.2) is 35.2 Å². The molecule has 0 unspecified atom stereocenters. The first-order valence-corrected chi connectivity index (χ1v) is 10.6. The molecule has 2 aromatic carbocycles. The molecule has 0 spiro atoms. The van der Waals surface area contributed by atoms with Gasteiger partial charge in [-0.3, -0.25) is 0 Å². The maximum Gasteiger partial charge on any atom is 0.417 e. The number of halogens is 3. The van der Waals surface area contributed by atoms with Gasteiger partial charge in [0.2, 0.25) is 16.0 Å². The monoisotopic (exact) mass is 456 g/mol. The van der Waals surface area contributed by atoms with Gasteiger partial charge in [0.25, 0.3) is 0 Å². The Balaban J connectivity index is 2.03. The summed E-state index contributed by atoms with van der Waals surface area (Å²) in [5.74, 6) is 0.292. The summed E-state index contributed by atoms with van der Waals surface area (Å²) in [7, 11) is -4.76. The van der Waals surface area contributed by atoms with E-state index in [1.165, 1.54) is 6.07 Å². The highest BCUT2D eigenvalue weighted by atomic mass is 32.2. The number of nitrogens with two attached hydrogens (primary N) is 2. The van der Waals surface area contributed by atoms with E-state index in [-0.39, 0.29) is 11.1 Å². The number of imidazole rings is 1. The van der Waals surface area contributed by atoms with Crippen LogP contribution in [-0.2, 0) is 22.7 Å². The Labute approximate surface area is 174 Å². The highest BCUT2D eigenvalue weighted by Gasteiger charge is 2.40. The van der Waals surface area contributed by atoms with Gasteiger partial charge in [-0.05, 0) is 36.2 Å². The van der Waals surface area contributed by atoms with Crippen molar-refractivity contribution in [1.82, 2.24) is 31.5 Å². The molecule has 1 aromatic heterocycles. The van der Waals surface area contributed by atoms with Crippen molar-refractivity contribution < 1.29 is 21.6 Å². The third kappa shape index (κ3) is 3.73. The third-order valence-electron chi connectivity index (χ3n) is 4.98. The zero-order valence-electron chi connectivity index (χ0n) is 16.1. The number of fused-ring (bicyclic) bond motifs is 1. The zero-order chi connectivity index (χ0) is 22.6. The van der Waals surface area contributed by atoms with Gasteiger partial charge in [-0.15, -0.1) is 0 Å². The SMILES string of the molecule is CCn1c(N)nc2cc(-c3ccc(C(F)(F)F)c(S(N)(=O)=O)c3C3NNNN3)ccc21. The van der Waals surface area contributed by atoms with Gasteiger partial charge in [-0.1, -0.05) is 12.1 Å². The van der Waals surface area contributed by atoms with Crippen molar-refractivity contribution in [2.75, 3.05) is 5.73 Å². The van der Waals surface area contributed by atoms with Crippen LogP contribution in [0.5, 0.6) is 0 Å². The summed E-state index contributed by atoms with van der Waals surface area (Å²) in [5.41, 5.74) is 16.5. The second-order valence-corrected chi connectivity index (χ2v) is 8.33. The number of hydrogen-bond acceptors (Lipinski definition) is 8. The topological polar surface area (TPSA) is 152 Å². The van der Waals surface area contributed by atoms with Crippen molar-refractivity contribution in [2.45, 2.75) is 30.7 Å². The Morgan fingerprint density at radius 1 is 1.16 bits per heavy atom. The molecule has 0 radical (unpaired) electrons. The fourth-order valence-electron chi connectivity index (χ4n) is 3.71. The lowest BCUT2D eigenvalue weighted by atomic mass is 9.95. The van der Waals surface area contributed by atoms with E-state index in [0.717, 1.165) is 5.52 Å². The molecule has 1 aliphatic rings. The minimum atomic E-state index is -4.94. The van der Waals surface area contributed by atoms with Crippen LogP contribution in [0.25, 0.3) is 22.2 Å². The van der Waals surface area contributed by atoms with Crippen LogP contribution in [0.4, 0.5) is 19.1 Å². The summed E-state index contributed by atoms with van der Waals surface area (Å²) in [6.07, 6.45) is -5.98. The van der Waals surface area contributed by atoms with Crippen LogP contribution in [-0.4, -0.2) is 18.0 Å². The van der Waals surface area contributed by atoms with Gasteiger partial charge in [-0.2, -0.15) is 24.2 Å². The number of alkyl halides is 3. The molecule has 1 saturated heterocycles. The molecule has 4 rings (SSSR count). The summed E-state index contributed by atoms with van der Waals surface area (Å²) in [5, 5.41) is 5.25. The molecule has 8 N–H and O–H groups in total. The summed E-state index contributed by atoms with van der Waals surface area (Å²) >= 11 is 0. The van der Waals surface area contributed by atoms with E-state index in [4.69, 9.17) is 10.9 Å². The second kappa shape index (κ2) is 7.44. The summed E-state index contributed by atoms with van der Waals surface area (Å²) in [4.78, 5) is 3.27. The molecule has 0 aliphatic carbocycles. The van der Waals surface area contributed by atoms with Crippen LogP contribution in [0, 0.1) is 0 Å². The molecule has 1 aliphatic heterocycles. The first kappa shape index (κ1) is 21.5. The molecule has 1 fully saturated rings. The molecule has 0 saturated carbocycles. The highest BCUT2D eigenvalue weighted by Crippen LogP contribution is 2.41. The molecular weight excluding hydrogens is 437 g/mol. The minimum Gasteiger partial charge on any atom is -0.369 e. The fourth-order valence-corrected chi connectivity index (χ4v) is 4.74. The van der Waals surface area contributed by atoms with Crippen LogP contribution in [0.3, 0.4) is 0 Å². The molecule has 0 amide bonds. The average Bonchev–Trinajstić information content (AvgIpc) is 3.31. The number of nitrogen functional groups attached to an aromatic ring is 1. The van der Waals surface area contributed by atoms with Crippen molar-refractivity contribution >= 4 is 27.0 Å². The van der Waals surface area contributed by atoms with Gasteiger partial charge in [0.1, 0.15) is 11.1 Å². The summed E-state index contributed by atoms with van der Waals surface area (Å²) < 4.78 is 67.4. The average molecular weight is 456 g/mol. The normalized spacial score (nSPS) is 15.8. The van der Waals surface area contributed by atoms with Crippen LogP contribution in [0.1, 0.15) is 24.2 Å². The Hall–Kier alpha value is -2.75. The van der Waals surface area contributed by atoms with E-state index in [1.807, 2.05) is 6.92 Å². The zero-order valence-corrected chi connectivity index (χ0v) is 16.9. The summed E-state index contributed by atoms with van der Waals surface area (Å²) in [6.45, 7) is 2.48. The molecule has 0 atom stereocenters. The van der Waals surface area contributed by atoms with E-state index in [2.05, 4.69) is 26.9 Å². The standard InChI is InChI=1S/C17H19F3N8O2S/c1-2-28-12-6-3-8(7-11(12)23-16(28)21)9-4-5-10(17(18,19)20)14(31(22,29)30)13(9)15-24-26-27-25-15/h3-7,15,24-27H,2H2,1H3,(H2,21,23)(H2,22,29,30). The van der Waals surface area contributed by atoms with Crippen LogP contribution in [0.2, 0.25) is 0 Å². The van der Waals surface area contributed by atoms with E-state index in [0.29, 0.717) is 29.6 Å². The highest BCUT2D eigenvalue weighted by molar-refractivity contribution is 7.89. The lowest BCUT2D eigenvalue weighted by Gasteiger charge is -2.22. The van der Waals surface area contributed by atoms with E-state index in [1.54, 1.807) is 22.8 Å². The molecule has 31 heavy (non-hydrogen) atoms. The van der Waals surface area contributed by atoms with Gasteiger partial charge in [0.05, 0.1) is 16.6 Å². The lowest BCUT2D eigenvalue weighted by Crippen LogP contribution is -2.33. The Bertz CT molecular complexity index is 1270. The molecule has 10 nitrogen and oxygen atoms in total. The molecule has 2 heterocycles. The number of rotatable bonds is 4. The number of primary sulfonamides is 1. The number of hydrazine groups is 3. The molecule has 14 heteroatoms. The van der Waals surface area contributed by atoms with Gasteiger partial charge in [0.15, 0.2) is 0 Å². The predicted molar refractivity (Wildman–Crippen MR) is 107 cm³/mol. The number of anilines is 1. The predicted octanol–water partition coefficient (Wildman–Crippen LogP) is 1.09. The van der Waals surface area contributed by atoms with E-state index in [9.17, 15) is 21.6 Å². The number of hydrogen-bond donors (Lipinski definition) is 6. The van der Waals surface area contributed by atoms with Crippen molar-refractivity contribution in [2.24, 2.45) is 5.14 Å². The van der Waals surface area contributed by atoms with Gasteiger partial charge in [0, 0.05) is 12.1 Å². The van der Waals surface area contributed by atoms with Crippen molar-refractivity contribution in [3.05, 3.63) is 41.5 Å². The van der Waals surface area contributed by atoms with Crippen molar-refractivity contribution in [3.63, 3.8) is 0 Å². The minimum absolute atomic E-state index is 0.197. The van der Waals surface area contributed by atoms with Gasteiger partial charge >= 0.3 is 6.18 Å². The van der Waals surface area contributed by atoms with Crippen LogP contribution < -0.4 is 32.8 Å². The molecule has 166 valence electrons. The van der Waals surface area contributed by atoms with Gasteiger partial charge < -0.3 is 10.3 Å². The summed E-state index contributed by atoms with van der Waals surface area (Å²) in [6, 6.07) is 6.92. The van der Waals surface area contributed by atoms with Crippen molar-refractivity contribution in [1.29, 1.82) is 0 Å². The maximum atomic E-state index is 13.7.